The van der Waals surface area contributed by atoms with E-state index in [-0.39, 0.29) is 0 Å². The fourth-order valence-electron chi connectivity index (χ4n) is 1.38. The molecule has 2 rings (SSSR count). The number of ether oxygens (including phenoxy) is 1. The van der Waals surface area contributed by atoms with Crippen molar-refractivity contribution in [2.75, 3.05) is 7.11 Å². The molecule has 2 aromatic rings. The van der Waals surface area contributed by atoms with Crippen LogP contribution in [0.25, 0.3) is 10.1 Å². The third-order valence-electron chi connectivity index (χ3n) is 2.08. The molecule has 1 nitrogen and oxygen atoms in total. The summed E-state index contributed by atoms with van der Waals surface area (Å²) in [5, 5.41) is 3.19. The predicted octanol–water partition coefficient (Wildman–Crippen LogP) is 4.41. The van der Waals surface area contributed by atoms with Gasteiger partial charge in [-0.1, -0.05) is 0 Å². The Kier molecular flexibility index (Phi) is 3.00. The van der Waals surface area contributed by atoms with Gasteiger partial charge < -0.3 is 4.74 Å². The van der Waals surface area contributed by atoms with Crippen molar-refractivity contribution >= 4 is 49.0 Å². The Labute approximate surface area is 99.8 Å². The third-order valence-corrected chi connectivity index (χ3v) is 4.47. The van der Waals surface area contributed by atoms with Gasteiger partial charge in [-0.05, 0) is 39.0 Å². The Hall–Kier alpha value is -0.250. The van der Waals surface area contributed by atoms with E-state index in [2.05, 4.69) is 27.4 Å². The van der Waals surface area contributed by atoms with Crippen LogP contribution in [-0.4, -0.2) is 7.11 Å². The van der Waals surface area contributed by atoms with Gasteiger partial charge in [0.05, 0.1) is 11.8 Å². The van der Waals surface area contributed by atoms with E-state index in [0.29, 0.717) is 5.88 Å². The van der Waals surface area contributed by atoms with Crippen LogP contribution in [0.15, 0.2) is 22.0 Å². The average molecular weight is 292 g/mol. The Morgan fingerprint density at radius 3 is 3.00 bits per heavy atom. The number of hydrogen-bond acceptors (Lipinski definition) is 2. The first-order valence-corrected chi connectivity index (χ1v) is 6.27. The summed E-state index contributed by atoms with van der Waals surface area (Å²) in [7, 11) is 1.68. The van der Waals surface area contributed by atoms with E-state index in [1.807, 2.05) is 6.07 Å². The van der Waals surface area contributed by atoms with Crippen molar-refractivity contribution in [2.24, 2.45) is 0 Å². The number of rotatable bonds is 2. The molecule has 0 unspecified atom stereocenters. The lowest BCUT2D eigenvalue weighted by Crippen LogP contribution is -1.87. The fraction of sp³-hybridized carbons (Fsp3) is 0.200. The van der Waals surface area contributed by atoms with Crippen LogP contribution in [0, 0.1) is 0 Å². The Bertz CT molecular complexity index is 466. The Balaban J connectivity index is 2.80. The first-order valence-electron chi connectivity index (χ1n) is 4.06. The summed E-state index contributed by atoms with van der Waals surface area (Å²) < 4.78 is 7.59. The van der Waals surface area contributed by atoms with Crippen LogP contribution in [0.2, 0.25) is 0 Å². The number of benzene rings is 1. The molecule has 0 spiro atoms. The molecule has 1 aromatic carbocycles. The van der Waals surface area contributed by atoms with Crippen LogP contribution >= 0.6 is 38.9 Å². The van der Waals surface area contributed by atoms with E-state index < -0.39 is 0 Å². The van der Waals surface area contributed by atoms with Gasteiger partial charge in [-0.15, -0.1) is 22.9 Å². The van der Waals surface area contributed by atoms with Gasteiger partial charge in [0.25, 0.3) is 0 Å². The van der Waals surface area contributed by atoms with E-state index >= 15 is 0 Å². The minimum atomic E-state index is 0.491. The maximum absolute atomic E-state index is 5.85. The molecule has 0 radical (unpaired) electrons. The quantitative estimate of drug-likeness (QED) is 0.745. The van der Waals surface area contributed by atoms with Gasteiger partial charge in [0, 0.05) is 15.7 Å². The molecule has 1 aromatic heterocycles. The summed E-state index contributed by atoms with van der Waals surface area (Å²) in [5.41, 5.74) is 1.07. The molecule has 0 aliphatic rings. The lowest BCUT2D eigenvalue weighted by atomic mass is 10.2. The van der Waals surface area contributed by atoms with Gasteiger partial charge in [-0.3, -0.25) is 0 Å². The number of thiophene rings is 1. The molecule has 74 valence electrons. The summed E-state index contributed by atoms with van der Waals surface area (Å²) in [6, 6.07) is 4.04. The molecule has 0 saturated carbocycles. The minimum Gasteiger partial charge on any atom is -0.496 e. The highest BCUT2D eigenvalue weighted by atomic mass is 79.9. The van der Waals surface area contributed by atoms with Gasteiger partial charge in [0.2, 0.25) is 0 Å². The highest BCUT2D eigenvalue weighted by molar-refractivity contribution is 9.10. The lowest BCUT2D eigenvalue weighted by molar-refractivity contribution is 0.419. The smallest absolute Gasteiger partial charge is 0.127 e. The summed E-state index contributed by atoms with van der Waals surface area (Å²) in [6.45, 7) is 0. The van der Waals surface area contributed by atoms with Crippen molar-refractivity contribution in [3.63, 3.8) is 0 Å². The number of methoxy groups -OCH3 is 1. The highest BCUT2D eigenvalue weighted by Gasteiger charge is 2.10. The second-order valence-electron chi connectivity index (χ2n) is 2.85. The maximum atomic E-state index is 5.85. The lowest BCUT2D eigenvalue weighted by Gasteiger charge is -2.07. The van der Waals surface area contributed by atoms with Crippen LogP contribution in [0.1, 0.15) is 5.56 Å². The number of hydrogen-bond donors (Lipinski definition) is 0. The molecule has 0 bridgehead atoms. The van der Waals surface area contributed by atoms with E-state index in [4.69, 9.17) is 16.3 Å². The average Bonchev–Trinajstić information content (AvgIpc) is 2.68. The van der Waals surface area contributed by atoms with Crippen molar-refractivity contribution in [1.82, 2.24) is 0 Å². The maximum Gasteiger partial charge on any atom is 0.127 e. The molecule has 14 heavy (non-hydrogen) atoms. The normalized spacial score (nSPS) is 10.8. The molecule has 0 aliphatic carbocycles. The SMILES string of the molecule is COc1cc(CCl)c(Br)c2sccc12. The second-order valence-corrected chi connectivity index (χ2v) is 4.83. The Morgan fingerprint density at radius 1 is 1.57 bits per heavy atom. The van der Waals surface area contributed by atoms with Gasteiger partial charge in [0.1, 0.15) is 5.75 Å². The highest BCUT2D eigenvalue weighted by Crippen LogP contribution is 2.38. The monoisotopic (exact) mass is 290 g/mol. The van der Waals surface area contributed by atoms with Gasteiger partial charge in [0.15, 0.2) is 0 Å². The van der Waals surface area contributed by atoms with E-state index in [0.717, 1.165) is 21.2 Å². The number of fused-ring (bicyclic) bond motifs is 1. The van der Waals surface area contributed by atoms with E-state index in [1.165, 1.54) is 4.70 Å². The minimum absolute atomic E-state index is 0.491. The number of halogens is 2. The van der Waals surface area contributed by atoms with Crippen molar-refractivity contribution in [3.8, 4) is 5.75 Å². The molecule has 0 saturated heterocycles. The standard InChI is InChI=1S/C10H8BrClOS/c1-13-8-4-6(5-12)9(11)10-7(8)2-3-14-10/h2-4H,5H2,1H3. The van der Waals surface area contributed by atoms with Crippen molar-refractivity contribution in [3.05, 3.63) is 27.5 Å². The van der Waals surface area contributed by atoms with Gasteiger partial charge in [-0.25, -0.2) is 0 Å². The van der Waals surface area contributed by atoms with E-state index in [9.17, 15) is 0 Å². The molecule has 1 heterocycles. The predicted molar refractivity (Wildman–Crippen MR) is 65.6 cm³/mol. The zero-order chi connectivity index (χ0) is 10.1. The molecule has 0 aliphatic heterocycles. The largest absolute Gasteiger partial charge is 0.496 e. The first-order chi connectivity index (χ1) is 6.77. The van der Waals surface area contributed by atoms with Crippen LogP contribution in [0.3, 0.4) is 0 Å². The van der Waals surface area contributed by atoms with Crippen LogP contribution in [-0.2, 0) is 5.88 Å². The zero-order valence-corrected chi connectivity index (χ0v) is 10.7. The van der Waals surface area contributed by atoms with Crippen molar-refractivity contribution in [1.29, 1.82) is 0 Å². The fourth-order valence-corrected chi connectivity index (χ4v) is 3.38. The molecule has 4 heteroatoms. The van der Waals surface area contributed by atoms with Crippen molar-refractivity contribution < 1.29 is 4.74 Å². The van der Waals surface area contributed by atoms with Crippen LogP contribution in [0.5, 0.6) is 5.75 Å². The molecule has 0 fully saturated rings. The molecule has 0 N–H and O–H groups in total. The molecular formula is C10H8BrClOS. The molecule has 0 atom stereocenters. The first kappa shape index (κ1) is 10.3. The zero-order valence-electron chi connectivity index (χ0n) is 7.51. The molecule has 0 amide bonds. The summed E-state index contributed by atoms with van der Waals surface area (Å²) in [6.07, 6.45) is 0. The van der Waals surface area contributed by atoms with Crippen molar-refractivity contribution in [2.45, 2.75) is 5.88 Å². The van der Waals surface area contributed by atoms with Gasteiger partial charge >= 0.3 is 0 Å². The van der Waals surface area contributed by atoms with Gasteiger partial charge in [-0.2, -0.15) is 0 Å². The number of alkyl halides is 1. The third kappa shape index (κ3) is 1.53. The molecular weight excluding hydrogens is 284 g/mol. The van der Waals surface area contributed by atoms with Crippen LogP contribution in [0.4, 0.5) is 0 Å². The Morgan fingerprint density at radius 2 is 2.36 bits per heavy atom. The second kappa shape index (κ2) is 4.09. The summed E-state index contributed by atoms with van der Waals surface area (Å²) in [5.74, 6) is 1.38. The summed E-state index contributed by atoms with van der Waals surface area (Å²) >= 11 is 11.1. The summed E-state index contributed by atoms with van der Waals surface area (Å²) in [4.78, 5) is 0. The van der Waals surface area contributed by atoms with E-state index in [1.54, 1.807) is 18.4 Å². The van der Waals surface area contributed by atoms with Crippen LogP contribution < -0.4 is 4.74 Å². The topological polar surface area (TPSA) is 9.23 Å².